The molecule has 0 bridgehead atoms. The lowest BCUT2D eigenvalue weighted by Gasteiger charge is -2.32. The summed E-state index contributed by atoms with van der Waals surface area (Å²) in [5.74, 6) is 0.773. The first-order valence-corrected chi connectivity index (χ1v) is 14.2. The van der Waals surface area contributed by atoms with Crippen LogP contribution in [0.1, 0.15) is 76.3 Å². The van der Waals surface area contributed by atoms with Crippen LogP contribution in [-0.2, 0) is 25.4 Å². The zero-order valence-electron chi connectivity index (χ0n) is 23.5. The largest absolute Gasteiger partial charge is 0.513 e. The summed E-state index contributed by atoms with van der Waals surface area (Å²) in [5, 5.41) is 0. The Morgan fingerprint density at radius 2 is 1.74 bits per heavy atom. The van der Waals surface area contributed by atoms with Gasteiger partial charge in [0.2, 0.25) is 0 Å². The van der Waals surface area contributed by atoms with Crippen LogP contribution in [0.2, 0.25) is 0 Å². The van der Waals surface area contributed by atoms with E-state index in [1.54, 1.807) is 0 Å². The van der Waals surface area contributed by atoms with Crippen molar-refractivity contribution in [3.63, 3.8) is 0 Å². The molecule has 2 aliphatic heterocycles. The molecule has 8 heteroatoms. The summed E-state index contributed by atoms with van der Waals surface area (Å²) in [7, 11) is 0. The lowest BCUT2D eigenvalue weighted by Crippen LogP contribution is -2.33. The molecule has 0 aromatic heterocycles. The third kappa shape index (κ3) is 8.57. The fourth-order valence-electron chi connectivity index (χ4n) is 5.10. The third-order valence-corrected chi connectivity index (χ3v) is 7.54. The zero-order chi connectivity index (χ0) is 27.8. The van der Waals surface area contributed by atoms with Crippen molar-refractivity contribution in [2.24, 2.45) is 11.8 Å². The van der Waals surface area contributed by atoms with E-state index in [1.165, 1.54) is 5.57 Å². The van der Waals surface area contributed by atoms with E-state index in [2.05, 4.69) is 26.5 Å². The second-order valence-electron chi connectivity index (χ2n) is 11.0. The summed E-state index contributed by atoms with van der Waals surface area (Å²) < 4.78 is 32.9. The van der Waals surface area contributed by atoms with Gasteiger partial charge in [-0.25, -0.2) is 9.59 Å². The van der Waals surface area contributed by atoms with E-state index in [0.717, 1.165) is 49.7 Å². The molecule has 2 saturated heterocycles. The van der Waals surface area contributed by atoms with Gasteiger partial charge >= 0.3 is 12.3 Å². The summed E-state index contributed by atoms with van der Waals surface area (Å²) in [6, 6.07) is 3.77. The molecule has 1 aromatic carbocycles. The van der Waals surface area contributed by atoms with Crippen molar-refractivity contribution in [3.8, 4) is 11.5 Å². The van der Waals surface area contributed by atoms with Gasteiger partial charge in [0, 0.05) is 23.8 Å². The second kappa shape index (κ2) is 14.0. The highest BCUT2D eigenvalue weighted by Gasteiger charge is 2.33. The number of hydrogen-bond donors (Lipinski definition) is 0. The number of ether oxygens (including phenoxy) is 6. The molecule has 3 atom stereocenters. The molecule has 0 amide bonds. The number of aryl methyl sites for hydroxylation is 1. The van der Waals surface area contributed by atoms with Crippen LogP contribution in [0.25, 0.3) is 0 Å². The minimum Gasteiger partial charge on any atom is -0.434 e. The molecule has 1 aromatic rings. The Hall–Kier alpha value is -2.84. The van der Waals surface area contributed by atoms with Crippen LogP contribution in [0.15, 0.2) is 35.9 Å². The molecular weight excluding hydrogens is 500 g/mol. The first-order valence-electron chi connectivity index (χ1n) is 14.2. The Morgan fingerprint density at radius 1 is 1.05 bits per heavy atom. The molecule has 2 heterocycles. The highest BCUT2D eigenvalue weighted by Crippen LogP contribution is 2.47. The molecule has 3 aliphatic rings. The number of carbonyl (C=O) groups is 2. The van der Waals surface area contributed by atoms with Gasteiger partial charge in [-0.15, -0.1) is 0 Å². The summed E-state index contributed by atoms with van der Waals surface area (Å²) in [6.07, 6.45) is 7.09. The van der Waals surface area contributed by atoms with Gasteiger partial charge in [-0.3, -0.25) is 0 Å². The number of carbonyl (C=O) groups excluding carboxylic acids is 2. The molecule has 0 N–H and O–H groups in total. The van der Waals surface area contributed by atoms with E-state index in [4.69, 9.17) is 28.4 Å². The minimum atomic E-state index is -0.787. The van der Waals surface area contributed by atoms with Gasteiger partial charge in [0.25, 0.3) is 0 Å². The third-order valence-electron chi connectivity index (χ3n) is 7.54. The molecular formula is C31H42O8. The lowest BCUT2D eigenvalue weighted by atomic mass is 9.73. The van der Waals surface area contributed by atoms with Crippen LogP contribution >= 0.6 is 0 Å². The van der Waals surface area contributed by atoms with Gasteiger partial charge in [-0.1, -0.05) is 43.6 Å². The summed E-state index contributed by atoms with van der Waals surface area (Å²) in [5.41, 5.74) is 3.79. The Bertz CT molecular complexity index is 1050. The number of benzene rings is 1. The topological polar surface area (TPSA) is 92.8 Å². The highest BCUT2D eigenvalue weighted by atomic mass is 16.7. The van der Waals surface area contributed by atoms with Crippen LogP contribution in [0.4, 0.5) is 9.59 Å². The standard InChI is InChI=1S/C31H42O8/c1-5-6-7-8-22-14-27(38-30(32)35-12-11-24-19-36-24)29(26-13-21(4)9-10-25(26)20(2)3)28(15-22)39-31(33)37-18-23-16-34-17-23/h13-15,23-26H,2,5-12,16-19H2,1,3-4H3/t24?,25-,26+/m0/s1. The Morgan fingerprint density at radius 3 is 2.33 bits per heavy atom. The van der Waals surface area contributed by atoms with Crippen LogP contribution < -0.4 is 9.47 Å². The van der Waals surface area contributed by atoms with Crippen molar-refractivity contribution in [3.05, 3.63) is 47.1 Å². The first kappa shape index (κ1) is 29.2. The van der Waals surface area contributed by atoms with Crippen LogP contribution in [0.3, 0.4) is 0 Å². The van der Waals surface area contributed by atoms with Gasteiger partial charge in [0.1, 0.15) is 18.1 Å². The van der Waals surface area contributed by atoms with Gasteiger partial charge in [0.05, 0.1) is 32.5 Å². The number of hydrogen-bond acceptors (Lipinski definition) is 8. The summed E-state index contributed by atoms with van der Waals surface area (Å²) in [4.78, 5) is 25.6. The van der Waals surface area contributed by atoms with Gasteiger partial charge in [-0.05, 0) is 63.1 Å². The average Bonchev–Trinajstić information content (AvgIpc) is 3.67. The van der Waals surface area contributed by atoms with Gasteiger partial charge in [-0.2, -0.15) is 0 Å². The number of unbranched alkanes of at least 4 members (excludes halogenated alkanes) is 2. The van der Waals surface area contributed by atoms with Crippen LogP contribution in [0, 0.1) is 11.8 Å². The molecule has 0 saturated carbocycles. The number of epoxide rings is 1. The molecule has 39 heavy (non-hydrogen) atoms. The molecule has 8 nitrogen and oxygen atoms in total. The maximum absolute atomic E-state index is 12.8. The van der Waals surface area contributed by atoms with Crippen LogP contribution in [-0.4, -0.2) is 51.4 Å². The van der Waals surface area contributed by atoms with E-state index >= 15 is 0 Å². The van der Waals surface area contributed by atoms with Crippen molar-refractivity contribution >= 4 is 12.3 Å². The molecule has 1 unspecified atom stereocenters. The van der Waals surface area contributed by atoms with Crippen LogP contribution in [0.5, 0.6) is 11.5 Å². The quantitative estimate of drug-likeness (QED) is 0.0874. The van der Waals surface area contributed by atoms with Gasteiger partial charge in [0.15, 0.2) is 0 Å². The fraction of sp³-hybridized carbons (Fsp3) is 0.613. The Labute approximate surface area is 231 Å². The SMILES string of the molecule is C=C(C)[C@@H]1CCC(C)=C[C@H]1c1c(OC(=O)OCCC2CO2)cc(CCCCC)cc1OC(=O)OCC1COC1. The van der Waals surface area contributed by atoms with E-state index in [9.17, 15) is 9.59 Å². The molecule has 2 fully saturated rings. The second-order valence-corrected chi connectivity index (χ2v) is 11.0. The van der Waals surface area contributed by atoms with E-state index in [1.807, 2.05) is 19.1 Å². The molecule has 0 radical (unpaired) electrons. The molecule has 1 aliphatic carbocycles. The van der Waals surface area contributed by atoms with Crippen molar-refractivity contribution < 1.29 is 38.0 Å². The van der Waals surface area contributed by atoms with E-state index in [0.29, 0.717) is 43.3 Å². The molecule has 0 spiro atoms. The lowest BCUT2D eigenvalue weighted by molar-refractivity contribution is -0.0621. The predicted octanol–water partition coefficient (Wildman–Crippen LogP) is 6.90. The number of rotatable bonds is 13. The van der Waals surface area contributed by atoms with Crippen molar-refractivity contribution in [2.45, 2.75) is 77.7 Å². The Balaban J connectivity index is 1.67. The van der Waals surface area contributed by atoms with Gasteiger partial charge < -0.3 is 28.4 Å². The maximum Gasteiger partial charge on any atom is 0.513 e. The molecule has 214 valence electrons. The Kier molecular flexibility index (Phi) is 10.5. The normalized spacial score (nSPS) is 22.3. The van der Waals surface area contributed by atoms with Crippen molar-refractivity contribution in [1.29, 1.82) is 0 Å². The average molecular weight is 543 g/mol. The number of allylic oxidation sites excluding steroid dienone is 3. The zero-order valence-corrected chi connectivity index (χ0v) is 23.5. The predicted molar refractivity (Wildman–Crippen MR) is 146 cm³/mol. The van der Waals surface area contributed by atoms with E-state index in [-0.39, 0.29) is 37.1 Å². The maximum atomic E-state index is 12.8. The van der Waals surface area contributed by atoms with E-state index < -0.39 is 12.3 Å². The fourth-order valence-corrected chi connectivity index (χ4v) is 5.10. The smallest absolute Gasteiger partial charge is 0.434 e. The minimum absolute atomic E-state index is 0.0931. The summed E-state index contributed by atoms with van der Waals surface area (Å²) >= 11 is 0. The first-order chi connectivity index (χ1) is 18.8. The molecule has 4 rings (SSSR count). The van der Waals surface area contributed by atoms with Crippen molar-refractivity contribution in [1.82, 2.24) is 0 Å². The summed E-state index contributed by atoms with van der Waals surface area (Å²) in [6.45, 7) is 12.8. The monoisotopic (exact) mass is 542 g/mol. The highest BCUT2D eigenvalue weighted by molar-refractivity contribution is 5.69. The van der Waals surface area contributed by atoms with Crippen molar-refractivity contribution in [2.75, 3.05) is 33.0 Å².